The molecule has 0 saturated carbocycles. The number of aliphatic carboxylic acids is 1. The smallest absolute Gasteiger partial charge is 0.309 e. The van der Waals surface area contributed by atoms with Gasteiger partial charge in [0.2, 0.25) is 0 Å². The van der Waals surface area contributed by atoms with E-state index in [9.17, 15) is 13.6 Å². The van der Waals surface area contributed by atoms with Crippen molar-refractivity contribution in [1.82, 2.24) is 4.98 Å². The van der Waals surface area contributed by atoms with Gasteiger partial charge in [-0.25, -0.2) is 13.8 Å². The zero-order chi connectivity index (χ0) is 12.3. The molecule has 84 valence electrons. The Kier molecular flexibility index (Phi) is 3.35. The average Bonchev–Trinajstić information content (AvgIpc) is 2.16. The lowest BCUT2D eigenvalue weighted by Gasteiger charge is -2.07. The van der Waals surface area contributed by atoms with Gasteiger partial charge in [0.25, 0.3) is 6.43 Å². The highest BCUT2D eigenvalue weighted by Crippen LogP contribution is 2.23. The summed E-state index contributed by atoms with van der Waals surface area (Å²) in [5, 5.41) is 17.2. The van der Waals surface area contributed by atoms with E-state index < -0.39 is 24.5 Å². The van der Waals surface area contributed by atoms with Crippen molar-refractivity contribution in [3.8, 4) is 6.07 Å². The summed E-state index contributed by atoms with van der Waals surface area (Å²) in [5.74, 6) is -1.27. The molecule has 1 aromatic heterocycles. The Morgan fingerprint density at radius 1 is 1.69 bits per heavy atom. The van der Waals surface area contributed by atoms with Crippen LogP contribution >= 0.6 is 0 Å². The SMILES string of the molecule is N#Cc1c(N)cc(C(F)F)nc1CC(=O)O. The zero-order valence-corrected chi connectivity index (χ0v) is 7.94. The number of nitrogens with zero attached hydrogens (tertiary/aromatic N) is 2. The Hall–Kier alpha value is -2.23. The van der Waals surface area contributed by atoms with Crippen LogP contribution in [0.25, 0.3) is 0 Å². The van der Waals surface area contributed by atoms with E-state index in [0.717, 1.165) is 6.07 Å². The third-order valence-electron chi connectivity index (χ3n) is 1.80. The quantitative estimate of drug-likeness (QED) is 0.805. The average molecular weight is 227 g/mol. The van der Waals surface area contributed by atoms with Crippen LogP contribution in [0.15, 0.2) is 6.07 Å². The lowest BCUT2D eigenvalue weighted by atomic mass is 10.1. The van der Waals surface area contributed by atoms with Gasteiger partial charge in [-0.3, -0.25) is 4.79 Å². The number of halogens is 2. The third kappa shape index (κ3) is 2.42. The molecule has 0 saturated heterocycles. The number of nitrogen functional groups attached to an aromatic ring is 1. The van der Waals surface area contributed by atoms with Crippen LogP contribution < -0.4 is 5.73 Å². The fourth-order valence-electron chi connectivity index (χ4n) is 1.15. The molecule has 0 aliphatic carbocycles. The molecule has 1 rings (SSSR count). The van der Waals surface area contributed by atoms with Gasteiger partial charge in [0, 0.05) is 0 Å². The summed E-state index contributed by atoms with van der Waals surface area (Å²) in [6.07, 6.45) is -3.48. The summed E-state index contributed by atoms with van der Waals surface area (Å²) in [5.41, 5.74) is 4.12. The molecule has 16 heavy (non-hydrogen) atoms. The number of rotatable bonds is 3. The standard InChI is InChI=1S/C9H7F2N3O2/c10-9(11)7-1-5(13)4(3-12)6(14-7)2-8(15)16/h1,9H,2H2,(H2,13,14)(H,15,16). The van der Waals surface area contributed by atoms with Crippen molar-refractivity contribution in [2.75, 3.05) is 5.73 Å². The first kappa shape index (κ1) is 11.8. The summed E-state index contributed by atoms with van der Waals surface area (Å²) in [4.78, 5) is 13.9. The predicted molar refractivity (Wildman–Crippen MR) is 49.7 cm³/mol. The lowest BCUT2D eigenvalue weighted by Crippen LogP contribution is -2.09. The number of alkyl halides is 2. The molecule has 1 heterocycles. The molecule has 0 amide bonds. The second-order valence-electron chi connectivity index (χ2n) is 2.94. The van der Waals surface area contributed by atoms with Gasteiger partial charge in [0.1, 0.15) is 11.8 Å². The van der Waals surface area contributed by atoms with Crippen LogP contribution in [-0.4, -0.2) is 16.1 Å². The monoisotopic (exact) mass is 227 g/mol. The number of carbonyl (C=O) groups is 1. The van der Waals surface area contributed by atoms with Crippen LogP contribution in [0.4, 0.5) is 14.5 Å². The van der Waals surface area contributed by atoms with Crippen LogP contribution in [0.5, 0.6) is 0 Å². The Morgan fingerprint density at radius 3 is 2.75 bits per heavy atom. The molecule has 3 N–H and O–H groups in total. The Bertz CT molecular complexity index is 469. The minimum atomic E-state index is -2.86. The molecule has 0 unspecified atom stereocenters. The molecule has 0 aromatic carbocycles. The van der Waals surface area contributed by atoms with Gasteiger partial charge >= 0.3 is 5.97 Å². The van der Waals surface area contributed by atoms with Crippen molar-refractivity contribution in [3.63, 3.8) is 0 Å². The van der Waals surface area contributed by atoms with Gasteiger partial charge in [0.05, 0.1) is 23.4 Å². The molecule has 0 radical (unpaired) electrons. The van der Waals surface area contributed by atoms with E-state index in [1.54, 1.807) is 6.07 Å². The van der Waals surface area contributed by atoms with E-state index in [1.165, 1.54) is 0 Å². The Morgan fingerprint density at radius 2 is 2.31 bits per heavy atom. The van der Waals surface area contributed by atoms with Crippen molar-refractivity contribution in [3.05, 3.63) is 23.0 Å². The third-order valence-corrected chi connectivity index (χ3v) is 1.80. The number of nitrogens with two attached hydrogens (primary N) is 1. The van der Waals surface area contributed by atoms with Crippen molar-refractivity contribution >= 4 is 11.7 Å². The first-order chi connectivity index (χ1) is 7.45. The highest BCUT2D eigenvalue weighted by atomic mass is 19.3. The fraction of sp³-hybridized carbons (Fsp3) is 0.222. The van der Waals surface area contributed by atoms with Crippen LogP contribution in [0.3, 0.4) is 0 Å². The van der Waals surface area contributed by atoms with E-state index in [1.807, 2.05) is 0 Å². The summed E-state index contributed by atoms with van der Waals surface area (Å²) in [6, 6.07) is 2.51. The van der Waals surface area contributed by atoms with Gasteiger partial charge in [0.15, 0.2) is 0 Å². The minimum Gasteiger partial charge on any atom is -0.481 e. The minimum absolute atomic E-state index is 0.174. The maximum Gasteiger partial charge on any atom is 0.309 e. The summed E-state index contributed by atoms with van der Waals surface area (Å²) >= 11 is 0. The highest BCUT2D eigenvalue weighted by Gasteiger charge is 2.17. The second-order valence-corrected chi connectivity index (χ2v) is 2.94. The van der Waals surface area contributed by atoms with Crippen molar-refractivity contribution < 1.29 is 18.7 Å². The van der Waals surface area contributed by atoms with Crippen molar-refractivity contribution in [1.29, 1.82) is 5.26 Å². The lowest BCUT2D eigenvalue weighted by molar-refractivity contribution is -0.136. The summed E-state index contributed by atoms with van der Waals surface area (Å²) < 4.78 is 24.7. The molecule has 0 spiro atoms. The van der Waals surface area contributed by atoms with Gasteiger partial charge in [-0.15, -0.1) is 0 Å². The van der Waals surface area contributed by atoms with E-state index in [2.05, 4.69) is 4.98 Å². The summed E-state index contributed by atoms with van der Waals surface area (Å²) in [7, 11) is 0. The normalized spacial score (nSPS) is 10.1. The van der Waals surface area contributed by atoms with Crippen LogP contribution in [-0.2, 0) is 11.2 Å². The number of carboxylic acid groups (broad SMARTS) is 1. The predicted octanol–water partition coefficient (Wildman–Crippen LogP) is 1.10. The number of hydrogen-bond donors (Lipinski definition) is 2. The molecule has 0 aliphatic heterocycles. The molecule has 0 bridgehead atoms. The number of nitriles is 1. The zero-order valence-electron chi connectivity index (χ0n) is 7.94. The fourth-order valence-corrected chi connectivity index (χ4v) is 1.15. The van der Waals surface area contributed by atoms with Crippen LogP contribution in [0.1, 0.15) is 23.4 Å². The first-order valence-electron chi connectivity index (χ1n) is 4.15. The van der Waals surface area contributed by atoms with Gasteiger partial charge in [-0.05, 0) is 6.07 Å². The number of hydrogen-bond acceptors (Lipinski definition) is 4. The number of pyridine rings is 1. The molecule has 0 fully saturated rings. The molecule has 5 nitrogen and oxygen atoms in total. The Labute approximate surface area is 89.1 Å². The largest absolute Gasteiger partial charge is 0.481 e. The highest BCUT2D eigenvalue weighted by molar-refractivity contribution is 5.72. The van der Waals surface area contributed by atoms with Crippen molar-refractivity contribution in [2.45, 2.75) is 12.8 Å². The number of aromatic nitrogens is 1. The van der Waals surface area contributed by atoms with Crippen molar-refractivity contribution in [2.24, 2.45) is 0 Å². The maximum absolute atomic E-state index is 12.4. The Balaban J connectivity index is 3.32. The molecule has 0 aliphatic rings. The van der Waals surface area contributed by atoms with E-state index in [-0.39, 0.29) is 16.9 Å². The van der Waals surface area contributed by atoms with Crippen LogP contribution in [0.2, 0.25) is 0 Å². The van der Waals surface area contributed by atoms with Crippen LogP contribution in [0, 0.1) is 11.3 Å². The van der Waals surface area contributed by atoms with Gasteiger partial charge in [-0.1, -0.05) is 0 Å². The van der Waals surface area contributed by atoms with Gasteiger partial charge < -0.3 is 10.8 Å². The molecule has 0 atom stereocenters. The molecular weight excluding hydrogens is 220 g/mol. The molecule has 7 heteroatoms. The molecular formula is C9H7F2N3O2. The van der Waals surface area contributed by atoms with Gasteiger partial charge in [-0.2, -0.15) is 5.26 Å². The second kappa shape index (κ2) is 4.53. The number of anilines is 1. The summed E-state index contributed by atoms with van der Waals surface area (Å²) in [6.45, 7) is 0. The van der Waals surface area contributed by atoms with E-state index in [4.69, 9.17) is 16.1 Å². The van der Waals surface area contributed by atoms with E-state index >= 15 is 0 Å². The topological polar surface area (TPSA) is 100 Å². The van der Waals surface area contributed by atoms with E-state index in [0.29, 0.717) is 0 Å². The first-order valence-corrected chi connectivity index (χ1v) is 4.15. The maximum atomic E-state index is 12.4. The number of carboxylic acids is 1. The molecule has 1 aromatic rings.